The van der Waals surface area contributed by atoms with Gasteiger partial charge in [-0.2, -0.15) is 0 Å². The number of aliphatic imine (C=N–C) groups is 1. The molecule has 1 rings (SSSR count). The zero-order valence-electron chi connectivity index (χ0n) is 13.4. The molecule has 1 atom stereocenters. The van der Waals surface area contributed by atoms with Gasteiger partial charge in [0.1, 0.15) is 0 Å². The molecular formula is C15H23N3O4. The van der Waals surface area contributed by atoms with Crippen molar-refractivity contribution in [2.24, 2.45) is 16.6 Å². The van der Waals surface area contributed by atoms with Crippen molar-refractivity contribution >= 4 is 11.9 Å². The molecule has 1 aromatic carbocycles. The lowest BCUT2D eigenvalue weighted by molar-refractivity contribution is -0.144. The molecule has 0 fully saturated rings. The molecule has 22 heavy (non-hydrogen) atoms. The summed E-state index contributed by atoms with van der Waals surface area (Å²) in [7, 11) is 4.52. The Kier molecular flexibility index (Phi) is 7.01. The van der Waals surface area contributed by atoms with E-state index in [2.05, 4.69) is 15.0 Å². The Labute approximate surface area is 130 Å². The molecule has 0 heterocycles. The summed E-state index contributed by atoms with van der Waals surface area (Å²) in [5, 5.41) is 2.89. The summed E-state index contributed by atoms with van der Waals surface area (Å²) < 4.78 is 15.0. The van der Waals surface area contributed by atoms with Crippen molar-refractivity contribution in [1.82, 2.24) is 5.32 Å². The summed E-state index contributed by atoms with van der Waals surface area (Å²) >= 11 is 0. The van der Waals surface area contributed by atoms with Crippen molar-refractivity contribution in [3.8, 4) is 11.5 Å². The number of esters is 1. The SMILES string of the molecule is COC(=O)C(C)CNC(N)=NCc1ccc(OC)c(OC)c1. The highest BCUT2D eigenvalue weighted by molar-refractivity contribution is 5.79. The van der Waals surface area contributed by atoms with Crippen LogP contribution in [0.3, 0.4) is 0 Å². The van der Waals surface area contributed by atoms with E-state index in [1.165, 1.54) is 7.11 Å². The smallest absolute Gasteiger partial charge is 0.310 e. The summed E-state index contributed by atoms with van der Waals surface area (Å²) in [5.74, 6) is 0.986. The molecule has 1 aromatic rings. The van der Waals surface area contributed by atoms with E-state index in [1.54, 1.807) is 21.1 Å². The molecule has 0 aromatic heterocycles. The molecule has 122 valence electrons. The van der Waals surface area contributed by atoms with Crippen LogP contribution in [0.2, 0.25) is 0 Å². The van der Waals surface area contributed by atoms with Crippen molar-refractivity contribution in [3.05, 3.63) is 23.8 Å². The van der Waals surface area contributed by atoms with E-state index in [0.29, 0.717) is 24.6 Å². The second-order valence-corrected chi connectivity index (χ2v) is 4.70. The lowest BCUT2D eigenvalue weighted by Crippen LogP contribution is -2.37. The predicted molar refractivity (Wildman–Crippen MR) is 84.1 cm³/mol. The monoisotopic (exact) mass is 309 g/mol. The van der Waals surface area contributed by atoms with E-state index in [-0.39, 0.29) is 17.8 Å². The highest BCUT2D eigenvalue weighted by Gasteiger charge is 2.12. The third-order valence-electron chi connectivity index (χ3n) is 3.07. The van der Waals surface area contributed by atoms with E-state index >= 15 is 0 Å². The first-order valence-electron chi connectivity index (χ1n) is 6.84. The maximum absolute atomic E-state index is 11.3. The lowest BCUT2D eigenvalue weighted by Gasteiger charge is -2.11. The fraction of sp³-hybridized carbons (Fsp3) is 0.467. The van der Waals surface area contributed by atoms with Crippen LogP contribution in [-0.4, -0.2) is 39.8 Å². The second-order valence-electron chi connectivity index (χ2n) is 4.70. The molecule has 0 aliphatic rings. The van der Waals surface area contributed by atoms with Gasteiger partial charge in [-0.3, -0.25) is 4.79 Å². The van der Waals surface area contributed by atoms with Gasteiger partial charge in [-0.15, -0.1) is 0 Å². The van der Waals surface area contributed by atoms with Gasteiger partial charge in [-0.1, -0.05) is 13.0 Å². The fourth-order valence-electron chi connectivity index (χ4n) is 1.75. The molecular weight excluding hydrogens is 286 g/mol. The molecule has 0 aliphatic carbocycles. The Hall–Kier alpha value is -2.44. The zero-order chi connectivity index (χ0) is 16.5. The normalized spacial score (nSPS) is 12.5. The van der Waals surface area contributed by atoms with Crippen molar-refractivity contribution in [2.75, 3.05) is 27.9 Å². The first-order chi connectivity index (χ1) is 10.5. The minimum Gasteiger partial charge on any atom is -0.493 e. The lowest BCUT2D eigenvalue weighted by atomic mass is 10.2. The molecule has 0 saturated heterocycles. The summed E-state index contributed by atoms with van der Waals surface area (Å²) in [5.41, 5.74) is 6.70. The van der Waals surface area contributed by atoms with Crippen molar-refractivity contribution < 1.29 is 19.0 Å². The van der Waals surface area contributed by atoms with E-state index in [4.69, 9.17) is 15.2 Å². The maximum Gasteiger partial charge on any atom is 0.310 e. The Balaban J connectivity index is 2.58. The van der Waals surface area contributed by atoms with Gasteiger partial charge in [-0.05, 0) is 17.7 Å². The average Bonchev–Trinajstić information content (AvgIpc) is 2.56. The average molecular weight is 309 g/mol. The molecule has 3 N–H and O–H groups in total. The highest BCUT2D eigenvalue weighted by Crippen LogP contribution is 2.27. The van der Waals surface area contributed by atoms with Crippen LogP contribution < -0.4 is 20.5 Å². The van der Waals surface area contributed by atoms with Crippen LogP contribution >= 0.6 is 0 Å². The number of rotatable bonds is 7. The van der Waals surface area contributed by atoms with Crippen LogP contribution in [0.4, 0.5) is 0 Å². The molecule has 0 spiro atoms. The maximum atomic E-state index is 11.3. The van der Waals surface area contributed by atoms with E-state index in [9.17, 15) is 4.79 Å². The van der Waals surface area contributed by atoms with Crippen LogP contribution in [0, 0.1) is 5.92 Å². The Morgan fingerprint density at radius 1 is 1.27 bits per heavy atom. The first-order valence-corrected chi connectivity index (χ1v) is 6.84. The van der Waals surface area contributed by atoms with Crippen LogP contribution in [-0.2, 0) is 16.1 Å². The Morgan fingerprint density at radius 3 is 2.55 bits per heavy atom. The topological polar surface area (TPSA) is 95.2 Å². The van der Waals surface area contributed by atoms with Gasteiger partial charge in [0, 0.05) is 6.54 Å². The zero-order valence-corrected chi connectivity index (χ0v) is 13.4. The van der Waals surface area contributed by atoms with Crippen molar-refractivity contribution in [1.29, 1.82) is 0 Å². The summed E-state index contributed by atoms with van der Waals surface area (Å²) in [4.78, 5) is 15.5. The number of guanidine groups is 1. The van der Waals surface area contributed by atoms with Crippen LogP contribution in [0.25, 0.3) is 0 Å². The first kappa shape index (κ1) is 17.6. The van der Waals surface area contributed by atoms with Gasteiger partial charge >= 0.3 is 5.97 Å². The van der Waals surface area contributed by atoms with E-state index in [1.807, 2.05) is 18.2 Å². The standard InChI is InChI=1S/C15H23N3O4/c1-10(14(19)22-4)8-17-15(16)18-9-11-5-6-12(20-2)13(7-11)21-3/h5-7,10H,8-9H2,1-4H3,(H3,16,17,18). The molecule has 7 nitrogen and oxygen atoms in total. The number of carbonyl (C=O) groups is 1. The molecule has 0 bridgehead atoms. The van der Waals surface area contributed by atoms with Crippen molar-refractivity contribution in [2.45, 2.75) is 13.5 Å². The number of hydrogen-bond acceptors (Lipinski definition) is 5. The van der Waals surface area contributed by atoms with Gasteiger partial charge in [0.05, 0.1) is 33.8 Å². The highest BCUT2D eigenvalue weighted by atomic mass is 16.5. The number of hydrogen-bond donors (Lipinski definition) is 2. The third kappa shape index (κ3) is 5.16. The van der Waals surface area contributed by atoms with Crippen LogP contribution in [0.15, 0.2) is 23.2 Å². The molecule has 0 saturated carbocycles. The summed E-state index contributed by atoms with van der Waals surface area (Å²) in [6, 6.07) is 5.54. The predicted octanol–water partition coefficient (Wildman–Crippen LogP) is 0.917. The Bertz CT molecular complexity index is 532. The van der Waals surface area contributed by atoms with Crippen molar-refractivity contribution in [3.63, 3.8) is 0 Å². The molecule has 0 amide bonds. The largest absolute Gasteiger partial charge is 0.493 e. The minimum atomic E-state index is -0.292. The van der Waals surface area contributed by atoms with Crippen LogP contribution in [0.1, 0.15) is 12.5 Å². The quantitative estimate of drug-likeness (QED) is 0.442. The van der Waals surface area contributed by atoms with Gasteiger partial charge in [0.2, 0.25) is 0 Å². The number of methoxy groups -OCH3 is 3. The van der Waals surface area contributed by atoms with Crippen LogP contribution in [0.5, 0.6) is 11.5 Å². The van der Waals surface area contributed by atoms with Gasteiger partial charge in [-0.25, -0.2) is 4.99 Å². The number of carbonyl (C=O) groups excluding carboxylic acids is 1. The number of ether oxygens (including phenoxy) is 3. The molecule has 0 radical (unpaired) electrons. The third-order valence-corrected chi connectivity index (χ3v) is 3.07. The van der Waals surface area contributed by atoms with E-state index in [0.717, 1.165) is 5.56 Å². The van der Waals surface area contributed by atoms with Gasteiger partial charge in [0.15, 0.2) is 17.5 Å². The number of nitrogens with one attached hydrogen (secondary N) is 1. The minimum absolute atomic E-state index is 0.269. The van der Waals surface area contributed by atoms with Gasteiger partial charge < -0.3 is 25.3 Å². The number of nitrogens with zero attached hydrogens (tertiary/aromatic N) is 1. The fourth-order valence-corrected chi connectivity index (χ4v) is 1.75. The molecule has 0 aliphatic heterocycles. The molecule has 1 unspecified atom stereocenters. The van der Waals surface area contributed by atoms with Gasteiger partial charge in [0.25, 0.3) is 0 Å². The summed E-state index contributed by atoms with van der Waals surface area (Å²) in [6.07, 6.45) is 0. The number of nitrogens with two attached hydrogens (primary N) is 1. The number of benzene rings is 1. The second kappa shape index (κ2) is 8.76. The molecule has 7 heteroatoms. The summed E-state index contributed by atoms with van der Waals surface area (Å²) in [6.45, 7) is 2.51. The Morgan fingerprint density at radius 2 is 1.95 bits per heavy atom. The van der Waals surface area contributed by atoms with E-state index < -0.39 is 0 Å².